The summed E-state index contributed by atoms with van der Waals surface area (Å²) in [7, 11) is 1.52. The summed E-state index contributed by atoms with van der Waals surface area (Å²) in [6.45, 7) is 2.65. The largest absolute Gasteiger partial charge is 0.497 e. The molecule has 0 unspecified atom stereocenters. The minimum Gasteiger partial charge on any atom is -0.497 e. The molecule has 1 heterocycles. The van der Waals surface area contributed by atoms with E-state index in [0.29, 0.717) is 29.4 Å². The maximum Gasteiger partial charge on any atom is 0.226 e. The molecule has 0 radical (unpaired) electrons. The molecule has 2 rings (SSSR count). The van der Waals surface area contributed by atoms with Crippen molar-refractivity contribution in [3.8, 4) is 23.4 Å². The average Bonchev–Trinajstić information content (AvgIpc) is 2.46. The van der Waals surface area contributed by atoms with Crippen LogP contribution in [-0.2, 0) is 0 Å². The summed E-state index contributed by atoms with van der Waals surface area (Å²) in [6, 6.07) is 8.54. The van der Waals surface area contributed by atoms with Crippen molar-refractivity contribution in [2.45, 2.75) is 6.92 Å². The highest BCUT2D eigenvalue weighted by Gasteiger charge is 2.07. The number of aromatic nitrogens is 2. The van der Waals surface area contributed by atoms with E-state index in [9.17, 15) is 0 Å². The third-order valence-electron chi connectivity index (χ3n) is 2.55. The summed E-state index contributed by atoms with van der Waals surface area (Å²) < 4.78 is 10.7. The molecule has 108 valence electrons. The first-order chi connectivity index (χ1) is 10.1. The molecule has 0 aliphatic carbocycles. The number of rotatable bonds is 5. The van der Waals surface area contributed by atoms with Crippen molar-refractivity contribution in [1.82, 2.24) is 9.97 Å². The van der Waals surface area contributed by atoms with Gasteiger partial charge >= 0.3 is 0 Å². The predicted molar refractivity (Wildman–Crippen MR) is 78.4 cm³/mol. The van der Waals surface area contributed by atoms with Gasteiger partial charge in [0.25, 0.3) is 0 Å². The van der Waals surface area contributed by atoms with Crippen molar-refractivity contribution >= 4 is 11.8 Å². The molecule has 7 nitrogen and oxygen atoms in total. The van der Waals surface area contributed by atoms with E-state index in [1.165, 1.54) is 7.11 Å². The fourth-order valence-corrected chi connectivity index (χ4v) is 1.70. The fraction of sp³-hybridized carbons (Fsp3) is 0.214. The zero-order valence-electron chi connectivity index (χ0n) is 11.8. The summed E-state index contributed by atoms with van der Waals surface area (Å²) in [5.41, 5.74) is 6.07. The topological polar surface area (TPSA) is 106 Å². The van der Waals surface area contributed by atoms with Gasteiger partial charge in [-0.25, -0.2) is 0 Å². The van der Waals surface area contributed by atoms with Gasteiger partial charge in [-0.15, -0.1) is 0 Å². The number of nitrogen functional groups attached to an aromatic ring is 1. The van der Waals surface area contributed by atoms with Gasteiger partial charge in [0.2, 0.25) is 11.8 Å². The van der Waals surface area contributed by atoms with Crippen LogP contribution in [0.3, 0.4) is 0 Å². The van der Waals surface area contributed by atoms with Crippen molar-refractivity contribution in [3.63, 3.8) is 0 Å². The quantitative estimate of drug-likeness (QED) is 0.866. The Morgan fingerprint density at radius 3 is 2.67 bits per heavy atom. The van der Waals surface area contributed by atoms with Gasteiger partial charge in [-0.3, -0.25) is 0 Å². The van der Waals surface area contributed by atoms with Gasteiger partial charge in [0.1, 0.15) is 17.3 Å². The minimum atomic E-state index is 0.104. The monoisotopic (exact) mass is 285 g/mol. The molecule has 0 fully saturated rings. The van der Waals surface area contributed by atoms with E-state index in [0.717, 1.165) is 0 Å². The van der Waals surface area contributed by atoms with E-state index in [1.54, 1.807) is 24.3 Å². The van der Waals surface area contributed by atoms with E-state index in [1.807, 2.05) is 13.0 Å². The highest BCUT2D eigenvalue weighted by atomic mass is 16.5. The van der Waals surface area contributed by atoms with Crippen molar-refractivity contribution in [2.75, 3.05) is 24.7 Å². The SMILES string of the molecule is CCNc1cc(Oc2cc(C#N)cc(OC)c2)nc(N)n1. The van der Waals surface area contributed by atoms with E-state index in [4.69, 9.17) is 20.5 Å². The second-order valence-electron chi connectivity index (χ2n) is 4.09. The number of nitrogens with one attached hydrogen (secondary N) is 1. The van der Waals surface area contributed by atoms with Gasteiger partial charge in [-0.05, 0) is 19.1 Å². The van der Waals surface area contributed by atoms with Crippen molar-refractivity contribution in [2.24, 2.45) is 0 Å². The van der Waals surface area contributed by atoms with E-state index < -0.39 is 0 Å². The number of hydrogen-bond donors (Lipinski definition) is 2. The summed E-state index contributed by atoms with van der Waals surface area (Å²) in [5.74, 6) is 1.93. The molecule has 0 amide bonds. The van der Waals surface area contributed by atoms with Crippen LogP contribution in [0.5, 0.6) is 17.4 Å². The lowest BCUT2D eigenvalue weighted by Gasteiger charge is -2.09. The van der Waals surface area contributed by atoms with Gasteiger partial charge in [0.05, 0.1) is 18.7 Å². The second-order valence-corrected chi connectivity index (χ2v) is 4.09. The Balaban J connectivity index is 2.31. The average molecular weight is 285 g/mol. The predicted octanol–water partition coefficient (Wildman–Crippen LogP) is 2.16. The molecular weight excluding hydrogens is 270 g/mol. The van der Waals surface area contributed by atoms with Crippen LogP contribution in [0.1, 0.15) is 12.5 Å². The van der Waals surface area contributed by atoms with Crippen LogP contribution in [0, 0.1) is 11.3 Å². The van der Waals surface area contributed by atoms with Crippen molar-refractivity contribution in [1.29, 1.82) is 5.26 Å². The molecule has 21 heavy (non-hydrogen) atoms. The third-order valence-corrected chi connectivity index (χ3v) is 2.55. The van der Waals surface area contributed by atoms with Crippen LogP contribution >= 0.6 is 0 Å². The smallest absolute Gasteiger partial charge is 0.226 e. The Labute approximate surface area is 122 Å². The van der Waals surface area contributed by atoms with Gasteiger partial charge in [0.15, 0.2) is 0 Å². The molecule has 0 aliphatic heterocycles. The molecule has 7 heteroatoms. The highest BCUT2D eigenvalue weighted by molar-refractivity contribution is 5.47. The molecule has 0 spiro atoms. The number of ether oxygens (including phenoxy) is 2. The zero-order valence-corrected chi connectivity index (χ0v) is 11.8. The highest BCUT2D eigenvalue weighted by Crippen LogP contribution is 2.27. The van der Waals surface area contributed by atoms with E-state index >= 15 is 0 Å². The third kappa shape index (κ3) is 3.73. The van der Waals surface area contributed by atoms with Crippen LogP contribution in [0.2, 0.25) is 0 Å². The van der Waals surface area contributed by atoms with Crippen LogP contribution in [0.4, 0.5) is 11.8 Å². The Hall–Kier alpha value is -3.01. The van der Waals surface area contributed by atoms with E-state index in [-0.39, 0.29) is 11.8 Å². The molecule has 0 saturated carbocycles. The number of nitriles is 1. The lowest BCUT2D eigenvalue weighted by atomic mass is 10.2. The molecule has 0 bridgehead atoms. The van der Waals surface area contributed by atoms with Gasteiger partial charge in [-0.2, -0.15) is 15.2 Å². The maximum absolute atomic E-state index is 8.99. The number of hydrogen-bond acceptors (Lipinski definition) is 7. The molecule has 2 aromatic rings. The molecular formula is C14H15N5O2. The first kappa shape index (κ1) is 14.4. The zero-order chi connectivity index (χ0) is 15.2. The lowest BCUT2D eigenvalue weighted by molar-refractivity contribution is 0.407. The molecule has 0 atom stereocenters. The maximum atomic E-state index is 8.99. The molecule has 1 aromatic carbocycles. The molecule has 1 aromatic heterocycles. The van der Waals surface area contributed by atoms with Crippen molar-refractivity contribution in [3.05, 3.63) is 29.8 Å². The van der Waals surface area contributed by atoms with Crippen LogP contribution in [-0.4, -0.2) is 23.6 Å². The normalized spacial score (nSPS) is 9.76. The standard InChI is InChI=1S/C14H15N5O2/c1-3-17-12-7-13(19-14(16)18-12)21-11-5-9(8-15)4-10(6-11)20-2/h4-7H,3H2,1-2H3,(H3,16,17,18,19). The van der Waals surface area contributed by atoms with Crippen LogP contribution in [0.15, 0.2) is 24.3 Å². The minimum absolute atomic E-state index is 0.104. The summed E-state index contributed by atoms with van der Waals surface area (Å²) in [6.07, 6.45) is 0. The number of nitrogens with zero attached hydrogens (tertiary/aromatic N) is 3. The first-order valence-electron chi connectivity index (χ1n) is 6.30. The Bertz CT molecular complexity index is 682. The number of anilines is 2. The molecule has 3 N–H and O–H groups in total. The van der Waals surface area contributed by atoms with Gasteiger partial charge in [-0.1, -0.05) is 0 Å². The Morgan fingerprint density at radius 2 is 2.00 bits per heavy atom. The summed E-state index contributed by atoms with van der Waals surface area (Å²) in [5, 5.41) is 12.0. The summed E-state index contributed by atoms with van der Waals surface area (Å²) >= 11 is 0. The van der Waals surface area contributed by atoms with E-state index in [2.05, 4.69) is 15.3 Å². The second kappa shape index (κ2) is 6.43. The van der Waals surface area contributed by atoms with Crippen molar-refractivity contribution < 1.29 is 9.47 Å². The van der Waals surface area contributed by atoms with Gasteiger partial charge in [0, 0.05) is 18.7 Å². The fourth-order valence-electron chi connectivity index (χ4n) is 1.70. The Kier molecular flexibility index (Phi) is 4.41. The van der Waals surface area contributed by atoms with Crippen LogP contribution < -0.4 is 20.5 Å². The summed E-state index contributed by atoms with van der Waals surface area (Å²) in [4.78, 5) is 8.03. The van der Waals surface area contributed by atoms with Gasteiger partial charge < -0.3 is 20.5 Å². The number of methoxy groups -OCH3 is 1. The van der Waals surface area contributed by atoms with Crippen LogP contribution in [0.25, 0.3) is 0 Å². The number of nitrogens with two attached hydrogens (primary N) is 1. The molecule has 0 aliphatic rings. The first-order valence-corrected chi connectivity index (χ1v) is 6.30. The lowest BCUT2D eigenvalue weighted by Crippen LogP contribution is -2.04. The molecule has 0 saturated heterocycles. The number of benzene rings is 1. The Morgan fingerprint density at radius 1 is 1.24 bits per heavy atom.